The Morgan fingerprint density at radius 3 is 2.30 bits per heavy atom. The monoisotopic (exact) mass is 363 g/mol. The first-order chi connectivity index (χ1) is 13.0. The molecular formula is C21H21N3O3. The number of hydrazine groups is 1. The van der Waals surface area contributed by atoms with E-state index in [-0.39, 0.29) is 6.61 Å². The molecule has 0 heterocycles. The first kappa shape index (κ1) is 18.3. The smallest absolute Gasteiger partial charge is 0.337 e. The largest absolute Gasteiger partial charge is 0.483 e. The topological polar surface area (TPSA) is 79.5 Å². The van der Waals surface area contributed by atoms with E-state index >= 15 is 0 Å². The summed E-state index contributed by atoms with van der Waals surface area (Å²) in [7, 11) is 0. The standard InChI is InChI=1S/C21H21N3O3/c1-14-7-5-8-15(2)20(14)27-13-19(25)23-24-21(26)22-18-12-6-10-16-9-3-4-11-17(16)18/h3-12H,13H2,1-2H3,(H,23,25)(H2,22,24,26). The average Bonchev–Trinajstić information content (AvgIpc) is 2.66. The van der Waals surface area contributed by atoms with E-state index < -0.39 is 11.9 Å². The van der Waals surface area contributed by atoms with E-state index in [0.717, 1.165) is 21.9 Å². The predicted octanol–water partition coefficient (Wildman–Crippen LogP) is 3.69. The number of carbonyl (C=O) groups is 2. The summed E-state index contributed by atoms with van der Waals surface area (Å²) in [6.07, 6.45) is 0. The number of rotatable bonds is 4. The van der Waals surface area contributed by atoms with Gasteiger partial charge in [0.25, 0.3) is 5.91 Å². The summed E-state index contributed by atoms with van der Waals surface area (Å²) < 4.78 is 5.55. The minimum atomic E-state index is -0.535. The zero-order valence-electron chi connectivity index (χ0n) is 15.2. The summed E-state index contributed by atoms with van der Waals surface area (Å²) in [5, 5.41) is 4.66. The van der Waals surface area contributed by atoms with Crippen LogP contribution in [-0.2, 0) is 4.79 Å². The molecule has 0 bridgehead atoms. The first-order valence-electron chi connectivity index (χ1n) is 8.57. The Bertz CT molecular complexity index is 960. The van der Waals surface area contributed by atoms with E-state index in [2.05, 4.69) is 16.2 Å². The number of urea groups is 1. The zero-order valence-corrected chi connectivity index (χ0v) is 15.2. The zero-order chi connectivity index (χ0) is 19.2. The Kier molecular flexibility index (Phi) is 5.56. The quantitative estimate of drug-likeness (QED) is 0.619. The molecule has 3 amide bonds. The number of fused-ring (bicyclic) bond motifs is 1. The third kappa shape index (κ3) is 4.55. The average molecular weight is 363 g/mol. The lowest BCUT2D eigenvalue weighted by molar-refractivity contribution is -0.123. The van der Waals surface area contributed by atoms with Crippen LogP contribution < -0.4 is 20.9 Å². The first-order valence-corrected chi connectivity index (χ1v) is 8.57. The van der Waals surface area contributed by atoms with Gasteiger partial charge in [0, 0.05) is 5.39 Å². The number of para-hydroxylation sites is 1. The number of amides is 3. The van der Waals surface area contributed by atoms with Crippen LogP contribution in [0.4, 0.5) is 10.5 Å². The highest BCUT2D eigenvalue weighted by Crippen LogP contribution is 2.23. The number of nitrogens with one attached hydrogen (secondary N) is 3. The highest BCUT2D eigenvalue weighted by Gasteiger charge is 2.09. The second-order valence-corrected chi connectivity index (χ2v) is 6.16. The molecule has 0 fully saturated rings. The lowest BCUT2D eigenvalue weighted by Gasteiger charge is -2.13. The number of ether oxygens (including phenoxy) is 1. The van der Waals surface area contributed by atoms with Gasteiger partial charge in [0.05, 0.1) is 5.69 Å². The van der Waals surface area contributed by atoms with Gasteiger partial charge in [-0.1, -0.05) is 54.6 Å². The molecule has 3 rings (SSSR count). The van der Waals surface area contributed by atoms with Crippen molar-refractivity contribution >= 4 is 28.4 Å². The molecule has 0 aromatic heterocycles. The summed E-state index contributed by atoms with van der Waals surface area (Å²) in [6.45, 7) is 3.63. The Balaban J connectivity index is 1.52. The molecule has 6 nitrogen and oxygen atoms in total. The van der Waals surface area contributed by atoms with Crippen LogP contribution >= 0.6 is 0 Å². The van der Waals surface area contributed by atoms with Crippen molar-refractivity contribution in [2.24, 2.45) is 0 Å². The molecule has 0 atom stereocenters. The van der Waals surface area contributed by atoms with Crippen molar-refractivity contribution in [2.75, 3.05) is 11.9 Å². The molecule has 0 aliphatic rings. The summed E-state index contributed by atoms with van der Waals surface area (Å²) >= 11 is 0. The number of anilines is 1. The number of carbonyl (C=O) groups excluding carboxylic acids is 2. The van der Waals surface area contributed by atoms with E-state index in [1.165, 1.54) is 0 Å². The van der Waals surface area contributed by atoms with Crippen LogP contribution in [0.3, 0.4) is 0 Å². The molecule has 27 heavy (non-hydrogen) atoms. The van der Waals surface area contributed by atoms with Crippen molar-refractivity contribution < 1.29 is 14.3 Å². The van der Waals surface area contributed by atoms with Gasteiger partial charge in [-0.15, -0.1) is 0 Å². The molecule has 3 aromatic carbocycles. The number of hydrogen-bond donors (Lipinski definition) is 3. The number of aryl methyl sites for hydroxylation is 2. The maximum absolute atomic E-state index is 12.1. The molecule has 3 aromatic rings. The highest BCUT2D eigenvalue weighted by molar-refractivity contribution is 6.01. The van der Waals surface area contributed by atoms with Gasteiger partial charge in [0.15, 0.2) is 6.61 Å². The van der Waals surface area contributed by atoms with Gasteiger partial charge < -0.3 is 10.1 Å². The molecule has 0 saturated heterocycles. The molecule has 6 heteroatoms. The van der Waals surface area contributed by atoms with Gasteiger partial charge in [-0.05, 0) is 36.4 Å². The molecular weight excluding hydrogens is 342 g/mol. The fourth-order valence-corrected chi connectivity index (χ4v) is 2.82. The van der Waals surface area contributed by atoms with Crippen LogP contribution in [0, 0.1) is 13.8 Å². The van der Waals surface area contributed by atoms with Crippen molar-refractivity contribution in [2.45, 2.75) is 13.8 Å². The van der Waals surface area contributed by atoms with Crippen molar-refractivity contribution in [3.05, 3.63) is 71.8 Å². The third-order valence-corrected chi connectivity index (χ3v) is 4.11. The van der Waals surface area contributed by atoms with Gasteiger partial charge >= 0.3 is 6.03 Å². The van der Waals surface area contributed by atoms with E-state index in [1.807, 2.05) is 68.4 Å². The molecule has 0 aliphatic heterocycles. The molecule has 3 N–H and O–H groups in total. The molecule has 138 valence electrons. The summed E-state index contributed by atoms with van der Waals surface area (Å²) in [4.78, 5) is 24.0. The van der Waals surface area contributed by atoms with Gasteiger partial charge in [-0.3, -0.25) is 10.2 Å². The van der Waals surface area contributed by atoms with Crippen LogP contribution in [-0.4, -0.2) is 18.5 Å². The number of hydrogen-bond acceptors (Lipinski definition) is 3. The maximum Gasteiger partial charge on any atom is 0.337 e. The summed E-state index contributed by atoms with van der Waals surface area (Å²) in [5.41, 5.74) is 7.22. The van der Waals surface area contributed by atoms with Crippen molar-refractivity contribution in [1.29, 1.82) is 0 Å². The number of benzene rings is 3. The van der Waals surface area contributed by atoms with E-state index in [1.54, 1.807) is 6.07 Å². The second kappa shape index (κ2) is 8.23. The fraction of sp³-hybridized carbons (Fsp3) is 0.143. The van der Waals surface area contributed by atoms with E-state index in [4.69, 9.17) is 4.74 Å². The normalized spacial score (nSPS) is 10.3. The Morgan fingerprint density at radius 1 is 0.852 bits per heavy atom. The van der Waals surface area contributed by atoms with Crippen molar-refractivity contribution in [1.82, 2.24) is 10.9 Å². The molecule has 0 saturated carbocycles. The minimum Gasteiger partial charge on any atom is -0.483 e. The minimum absolute atomic E-state index is 0.194. The summed E-state index contributed by atoms with van der Waals surface area (Å²) in [5.74, 6) is 0.221. The van der Waals surface area contributed by atoms with Gasteiger partial charge in [0.2, 0.25) is 0 Å². The highest BCUT2D eigenvalue weighted by atomic mass is 16.5. The van der Waals surface area contributed by atoms with Gasteiger partial charge in [-0.2, -0.15) is 0 Å². The third-order valence-electron chi connectivity index (χ3n) is 4.11. The van der Waals surface area contributed by atoms with Crippen LogP contribution in [0.1, 0.15) is 11.1 Å². The SMILES string of the molecule is Cc1cccc(C)c1OCC(=O)NNC(=O)Nc1cccc2ccccc12. The van der Waals surface area contributed by atoms with Crippen LogP contribution in [0.25, 0.3) is 10.8 Å². The molecule has 0 unspecified atom stereocenters. The predicted molar refractivity (Wildman–Crippen MR) is 106 cm³/mol. The lowest BCUT2D eigenvalue weighted by atomic mass is 10.1. The van der Waals surface area contributed by atoms with Crippen LogP contribution in [0.15, 0.2) is 60.7 Å². The Morgan fingerprint density at radius 2 is 1.52 bits per heavy atom. The summed E-state index contributed by atoms with van der Waals surface area (Å²) in [6, 6.07) is 18.6. The van der Waals surface area contributed by atoms with E-state index in [0.29, 0.717) is 11.4 Å². The fourth-order valence-electron chi connectivity index (χ4n) is 2.82. The molecule has 0 radical (unpaired) electrons. The van der Waals surface area contributed by atoms with Gasteiger partial charge in [-0.25, -0.2) is 10.2 Å². The Hall–Kier alpha value is -3.54. The van der Waals surface area contributed by atoms with Crippen molar-refractivity contribution in [3.8, 4) is 5.75 Å². The lowest BCUT2D eigenvalue weighted by Crippen LogP contribution is -2.45. The molecule has 0 aliphatic carbocycles. The second-order valence-electron chi connectivity index (χ2n) is 6.16. The Labute approximate surface area is 157 Å². The van der Waals surface area contributed by atoms with Crippen LogP contribution in [0.5, 0.6) is 5.75 Å². The maximum atomic E-state index is 12.1. The molecule has 0 spiro atoms. The van der Waals surface area contributed by atoms with Gasteiger partial charge in [0.1, 0.15) is 5.75 Å². The van der Waals surface area contributed by atoms with Crippen molar-refractivity contribution in [3.63, 3.8) is 0 Å². The van der Waals surface area contributed by atoms with Crippen LogP contribution in [0.2, 0.25) is 0 Å². The van der Waals surface area contributed by atoms with E-state index in [9.17, 15) is 9.59 Å².